The molecule has 0 saturated carbocycles. The highest BCUT2D eigenvalue weighted by Crippen LogP contribution is 2.46. The molecule has 25 heavy (non-hydrogen) atoms. The second kappa shape index (κ2) is 6.66. The predicted molar refractivity (Wildman–Crippen MR) is 103 cm³/mol. The topological polar surface area (TPSA) is 50.9 Å². The third-order valence-electron chi connectivity index (χ3n) is 6.03. The minimum atomic E-state index is -0.00507. The summed E-state index contributed by atoms with van der Waals surface area (Å²) in [5.74, 6) is 1.21. The Kier molecular flexibility index (Phi) is 4.72. The second-order valence-electron chi connectivity index (χ2n) is 7.68. The first-order valence-electron chi connectivity index (χ1n) is 9.37. The molecular formula is C21H29N3O. The highest BCUT2D eigenvalue weighted by molar-refractivity contribution is 5.75. The second-order valence-corrected chi connectivity index (χ2v) is 7.68. The van der Waals surface area contributed by atoms with Gasteiger partial charge in [-0.2, -0.15) is 0 Å². The number of hydrogen-bond acceptors (Lipinski definition) is 3. The van der Waals surface area contributed by atoms with E-state index >= 15 is 0 Å². The number of allylic oxidation sites excluding steroid dienone is 3. The lowest BCUT2D eigenvalue weighted by Crippen LogP contribution is -2.30. The summed E-state index contributed by atoms with van der Waals surface area (Å²) < 4.78 is 0. The van der Waals surface area contributed by atoms with E-state index in [4.69, 9.17) is 0 Å². The Balaban J connectivity index is 2.16. The molecular weight excluding hydrogens is 310 g/mol. The lowest BCUT2D eigenvalue weighted by atomic mass is 9.67. The van der Waals surface area contributed by atoms with E-state index in [-0.39, 0.29) is 5.41 Å². The lowest BCUT2D eigenvalue weighted by Gasteiger charge is -2.38. The molecule has 0 saturated heterocycles. The quantitative estimate of drug-likeness (QED) is 0.773. The van der Waals surface area contributed by atoms with E-state index in [0.717, 1.165) is 41.6 Å². The van der Waals surface area contributed by atoms with E-state index < -0.39 is 0 Å². The van der Waals surface area contributed by atoms with Gasteiger partial charge in [0.05, 0.1) is 0 Å². The van der Waals surface area contributed by atoms with Crippen molar-refractivity contribution >= 4 is 16.7 Å². The molecule has 3 atom stereocenters. The molecule has 3 rings (SSSR count). The molecule has 1 aromatic heterocycles. The fourth-order valence-electron chi connectivity index (χ4n) is 3.65. The number of aliphatic hydroxyl groups excluding tert-OH is 1. The normalized spacial score (nSPS) is 23.6. The van der Waals surface area contributed by atoms with Crippen molar-refractivity contribution in [3.05, 3.63) is 41.7 Å². The number of rotatable bonds is 5. The molecule has 3 unspecified atom stereocenters. The molecule has 2 aromatic rings. The average Bonchev–Trinajstić information content (AvgIpc) is 3.06. The first kappa shape index (κ1) is 17.7. The molecule has 4 nitrogen and oxygen atoms in total. The maximum Gasteiger partial charge on any atom is 0.142 e. The maximum atomic E-state index is 11.0. The van der Waals surface area contributed by atoms with Gasteiger partial charge in [-0.3, -0.25) is 0 Å². The van der Waals surface area contributed by atoms with Crippen LogP contribution >= 0.6 is 0 Å². The van der Waals surface area contributed by atoms with Crippen LogP contribution < -0.4 is 0 Å². The minimum absolute atomic E-state index is 0.00507. The SMILES string of the molecule is CCC(C)C1=C(O)C(n2nc3ccccc3n2)=CC(C)(C(C)CC)C1. The number of aromatic nitrogens is 3. The fourth-order valence-corrected chi connectivity index (χ4v) is 3.65. The van der Waals surface area contributed by atoms with Crippen LogP contribution in [0, 0.1) is 17.3 Å². The van der Waals surface area contributed by atoms with Crippen LogP contribution in [0.15, 0.2) is 41.7 Å². The summed E-state index contributed by atoms with van der Waals surface area (Å²) in [6.45, 7) is 11.2. The van der Waals surface area contributed by atoms with E-state index in [1.165, 1.54) is 0 Å². The molecule has 0 spiro atoms. The van der Waals surface area contributed by atoms with E-state index in [1.807, 2.05) is 24.3 Å². The van der Waals surface area contributed by atoms with E-state index in [9.17, 15) is 5.11 Å². The smallest absolute Gasteiger partial charge is 0.142 e. The van der Waals surface area contributed by atoms with Crippen LogP contribution in [0.2, 0.25) is 0 Å². The molecule has 0 amide bonds. The van der Waals surface area contributed by atoms with Crippen molar-refractivity contribution in [2.45, 2.75) is 53.9 Å². The number of benzene rings is 1. The van der Waals surface area contributed by atoms with Crippen LogP contribution in [-0.2, 0) is 0 Å². The monoisotopic (exact) mass is 339 g/mol. The van der Waals surface area contributed by atoms with E-state index in [1.54, 1.807) is 4.80 Å². The Morgan fingerprint density at radius 1 is 1.12 bits per heavy atom. The molecule has 1 aliphatic rings. The summed E-state index contributed by atoms with van der Waals surface area (Å²) >= 11 is 0. The summed E-state index contributed by atoms with van der Waals surface area (Å²) in [4.78, 5) is 1.61. The standard InChI is InChI=1S/C21H29N3O/c1-6-14(3)16-12-21(5,15(4)7-2)13-19(20(16)25)24-22-17-10-8-9-11-18(17)23-24/h8-11,13-15,25H,6-7,12H2,1-5H3. The van der Waals surface area contributed by atoms with Gasteiger partial charge in [0.25, 0.3) is 0 Å². The molecule has 0 radical (unpaired) electrons. The number of nitrogens with zero attached hydrogens (tertiary/aromatic N) is 3. The summed E-state index contributed by atoms with van der Waals surface area (Å²) in [5, 5.41) is 20.2. The first-order valence-corrected chi connectivity index (χ1v) is 9.37. The molecule has 134 valence electrons. The number of hydrogen-bond donors (Lipinski definition) is 1. The lowest BCUT2D eigenvalue weighted by molar-refractivity contribution is 0.244. The largest absolute Gasteiger partial charge is 0.506 e. The van der Waals surface area contributed by atoms with Gasteiger partial charge in [-0.05, 0) is 53.9 Å². The van der Waals surface area contributed by atoms with Crippen molar-refractivity contribution in [1.82, 2.24) is 15.0 Å². The van der Waals surface area contributed by atoms with Crippen molar-refractivity contribution in [3.63, 3.8) is 0 Å². The minimum Gasteiger partial charge on any atom is -0.506 e. The molecule has 0 aliphatic heterocycles. The fraction of sp³-hybridized carbons (Fsp3) is 0.524. The Morgan fingerprint density at radius 2 is 1.72 bits per heavy atom. The van der Waals surface area contributed by atoms with Gasteiger partial charge in [0, 0.05) is 0 Å². The van der Waals surface area contributed by atoms with Gasteiger partial charge in [0.2, 0.25) is 0 Å². The van der Waals surface area contributed by atoms with Gasteiger partial charge < -0.3 is 5.11 Å². The van der Waals surface area contributed by atoms with Gasteiger partial charge in [-0.25, -0.2) is 0 Å². The highest BCUT2D eigenvalue weighted by atomic mass is 16.3. The van der Waals surface area contributed by atoms with Gasteiger partial charge in [-0.1, -0.05) is 53.2 Å². The predicted octanol–water partition coefficient (Wildman–Crippen LogP) is 5.59. The van der Waals surface area contributed by atoms with Crippen molar-refractivity contribution in [1.29, 1.82) is 0 Å². The summed E-state index contributed by atoms with van der Waals surface area (Å²) in [6, 6.07) is 7.82. The zero-order valence-electron chi connectivity index (χ0n) is 16.0. The van der Waals surface area contributed by atoms with Crippen LogP contribution in [0.5, 0.6) is 0 Å². The third kappa shape index (κ3) is 3.10. The Bertz CT molecular complexity index is 800. The van der Waals surface area contributed by atoms with Crippen molar-refractivity contribution in [2.24, 2.45) is 17.3 Å². The van der Waals surface area contributed by atoms with Gasteiger partial charge in [0.1, 0.15) is 22.5 Å². The van der Waals surface area contributed by atoms with Crippen molar-refractivity contribution in [2.75, 3.05) is 0 Å². The van der Waals surface area contributed by atoms with Crippen molar-refractivity contribution in [3.8, 4) is 0 Å². The number of fused-ring (bicyclic) bond motifs is 1. The molecule has 1 N–H and O–H groups in total. The van der Waals surface area contributed by atoms with Gasteiger partial charge in [0.15, 0.2) is 0 Å². The average molecular weight is 339 g/mol. The highest BCUT2D eigenvalue weighted by Gasteiger charge is 2.37. The Hall–Kier alpha value is -2.10. The van der Waals surface area contributed by atoms with Crippen LogP contribution in [-0.4, -0.2) is 20.1 Å². The summed E-state index contributed by atoms with van der Waals surface area (Å²) in [6.07, 6.45) is 5.19. The van der Waals surface area contributed by atoms with E-state index in [2.05, 4.69) is 50.9 Å². The van der Waals surface area contributed by atoms with E-state index in [0.29, 0.717) is 17.6 Å². The van der Waals surface area contributed by atoms with Gasteiger partial charge in [-0.15, -0.1) is 15.0 Å². The molecule has 4 heteroatoms. The summed E-state index contributed by atoms with van der Waals surface area (Å²) in [5.41, 5.74) is 3.54. The molecule has 1 aliphatic carbocycles. The Morgan fingerprint density at radius 3 is 2.24 bits per heavy atom. The first-order chi connectivity index (χ1) is 11.9. The third-order valence-corrected chi connectivity index (χ3v) is 6.03. The van der Waals surface area contributed by atoms with Crippen LogP contribution in [0.4, 0.5) is 0 Å². The zero-order valence-corrected chi connectivity index (χ0v) is 16.0. The van der Waals surface area contributed by atoms with Crippen LogP contribution in [0.25, 0.3) is 16.7 Å². The maximum absolute atomic E-state index is 11.0. The van der Waals surface area contributed by atoms with Crippen LogP contribution in [0.3, 0.4) is 0 Å². The molecule has 0 fully saturated rings. The Labute approximate surface area is 150 Å². The molecule has 1 aromatic carbocycles. The molecule has 1 heterocycles. The van der Waals surface area contributed by atoms with Crippen molar-refractivity contribution < 1.29 is 5.11 Å². The summed E-state index contributed by atoms with van der Waals surface area (Å²) in [7, 11) is 0. The molecule has 0 bridgehead atoms. The van der Waals surface area contributed by atoms with Gasteiger partial charge >= 0.3 is 0 Å². The number of aliphatic hydroxyl groups is 1. The van der Waals surface area contributed by atoms with Crippen LogP contribution in [0.1, 0.15) is 53.9 Å². The zero-order chi connectivity index (χ0) is 18.2.